The predicted molar refractivity (Wildman–Crippen MR) is 78.7 cm³/mol. The van der Waals surface area contributed by atoms with Crippen LogP contribution in [0.5, 0.6) is 0 Å². The summed E-state index contributed by atoms with van der Waals surface area (Å²) in [5, 5.41) is 1.92. The molecule has 0 spiro atoms. The smallest absolute Gasteiger partial charge is 0.273 e. The van der Waals surface area contributed by atoms with Crippen LogP contribution in [0.25, 0.3) is 10.8 Å². The highest BCUT2D eigenvalue weighted by molar-refractivity contribution is 6.18. The molecule has 0 saturated carbocycles. The van der Waals surface area contributed by atoms with E-state index >= 15 is 0 Å². The molecule has 2 aromatic rings. The summed E-state index contributed by atoms with van der Waals surface area (Å²) in [6.07, 6.45) is 2.59. The van der Waals surface area contributed by atoms with Gasteiger partial charge in [0.15, 0.2) is 0 Å². The fourth-order valence-electron chi connectivity index (χ4n) is 2.13. The normalized spacial score (nSPS) is 10.6. The van der Waals surface area contributed by atoms with E-state index < -0.39 is 0 Å². The van der Waals surface area contributed by atoms with Gasteiger partial charge in [-0.3, -0.25) is 9.78 Å². The van der Waals surface area contributed by atoms with Crippen molar-refractivity contribution in [3.8, 4) is 0 Å². The Morgan fingerprint density at radius 2 is 2.05 bits per heavy atom. The average Bonchev–Trinajstić information content (AvgIpc) is 2.46. The lowest BCUT2D eigenvalue weighted by Crippen LogP contribution is -2.34. The van der Waals surface area contributed by atoms with Crippen molar-refractivity contribution in [1.29, 1.82) is 0 Å². The molecule has 1 amide bonds. The number of aromatic nitrogens is 1. The summed E-state index contributed by atoms with van der Waals surface area (Å²) < 4.78 is 0. The minimum absolute atomic E-state index is 0.0423. The van der Waals surface area contributed by atoms with Gasteiger partial charge in [-0.15, -0.1) is 11.6 Å². The number of benzene rings is 1. The Balaban J connectivity index is 2.39. The Bertz CT molecular complexity index is 560. The standard InChI is InChI=1S/C15H17ClN2O/c1-2-10-18(11-8-16)15(19)14-13-6-4-3-5-12(13)7-9-17-14/h3-7,9H,2,8,10-11H2,1H3. The minimum atomic E-state index is -0.0423. The van der Waals surface area contributed by atoms with Gasteiger partial charge in [0.1, 0.15) is 5.69 Å². The fourth-order valence-corrected chi connectivity index (χ4v) is 2.33. The van der Waals surface area contributed by atoms with E-state index in [1.807, 2.05) is 37.3 Å². The molecule has 4 heteroatoms. The highest BCUT2D eigenvalue weighted by atomic mass is 35.5. The summed E-state index contributed by atoms with van der Waals surface area (Å²) >= 11 is 5.77. The van der Waals surface area contributed by atoms with Crippen molar-refractivity contribution >= 4 is 28.3 Å². The second-order valence-corrected chi connectivity index (χ2v) is 4.74. The number of pyridine rings is 1. The fraction of sp³-hybridized carbons (Fsp3) is 0.333. The van der Waals surface area contributed by atoms with Gasteiger partial charge >= 0.3 is 0 Å². The molecule has 19 heavy (non-hydrogen) atoms. The molecule has 0 unspecified atom stereocenters. The SMILES string of the molecule is CCCN(CCCl)C(=O)c1nccc2ccccc12. The molecule has 0 saturated heterocycles. The molecule has 0 aliphatic heterocycles. The Hall–Kier alpha value is -1.61. The first-order valence-electron chi connectivity index (χ1n) is 6.47. The molecule has 100 valence electrons. The minimum Gasteiger partial charge on any atom is -0.336 e. The lowest BCUT2D eigenvalue weighted by atomic mass is 10.1. The van der Waals surface area contributed by atoms with Crippen LogP contribution in [0.1, 0.15) is 23.8 Å². The van der Waals surface area contributed by atoms with Crippen LogP contribution in [-0.2, 0) is 0 Å². The molecular formula is C15H17ClN2O. The van der Waals surface area contributed by atoms with E-state index in [1.165, 1.54) is 0 Å². The summed E-state index contributed by atoms with van der Waals surface area (Å²) in [5.74, 6) is 0.399. The van der Waals surface area contributed by atoms with E-state index in [-0.39, 0.29) is 5.91 Å². The van der Waals surface area contributed by atoms with Gasteiger partial charge in [-0.1, -0.05) is 31.2 Å². The Morgan fingerprint density at radius 3 is 2.79 bits per heavy atom. The Morgan fingerprint density at radius 1 is 1.26 bits per heavy atom. The van der Waals surface area contributed by atoms with Crippen LogP contribution >= 0.6 is 11.6 Å². The number of carbonyl (C=O) groups is 1. The molecular weight excluding hydrogens is 260 g/mol. The molecule has 0 bridgehead atoms. The van der Waals surface area contributed by atoms with Crippen LogP contribution in [0.4, 0.5) is 0 Å². The van der Waals surface area contributed by atoms with Crippen LogP contribution < -0.4 is 0 Å². The van der Waals surface area contributed by atoms with Crippen molar-refractivity contribution in [2.45, 2.75) is 13.3 Å². The lowest BCUT2D eigenvalue weighted by Gasteiger charge is -2.21. The average molecular weight is 277 g/mol. The third-order valence-corrected chi connectivity index (χ3v) is 3.18. The van der Waals surface area contributed by atoms with Crippen molar-refractivity contribution < 1.29 is 4.79 Å². The topological polar surface area (TPSA) is 33.2 Å². The van der Waals surface area contributed by atoms with Gasteiger partial charge in [-0.05, 0) is 17.9 Å². The first-order valence-corrected chi connectivity index (χ1v) is 7.00. The van der Waals surface area contributed by atoms with Crippen molar-refractivity contribution in [1.82, 2.24) is 9.88 Å². The van der Waals surface area contributed by atoms with E-state index in [2.05, 4.69) is 4.98 Å². The quantitative estimate of drug-likeness (QED) is 0.785. The van der Waals surface area contributed by atoms with Crippen molar-refractivity contribution in [3.05, 3.63) is 42.2 Å². The lowest BCUT2D eigenvalue weighted by molar-refractivity contribution is 0.0762. The van der Waals surface area contributed by atoms with Gasteiger partial charge in [0.2, 0.25) is 0 Å². The maximum atomic E-state index is 12.5. The van der Waals surface area contributed by atoms with E-state index in [0.29, 0.717) is 24.7 Å². The van der Waals surface area contributed by atoms with Crippen molar-refractivity contribution in [3.63, 3.8) is 0 Å². The summed E-state index contributed by atoms with van der Waals surface area (Å²) in [7, 11) is 0. The molecule has 0 atom stereocenters. The van der Waals surface area contributed by atoms with Crippen LogP contribution in [0.15, 0.2) is 36.5 Å². The number of nitrogens with zero attached hydrogens (tertiary/aromatic N) is 2. The molecule has 3 nitrogen and oxygen atoms in total. The van der Waals surface area contributed by atoms with Crippen LogP contribution in [0.2, 0.25) is 0 Å². The van der Waals surface area contributed by atoms with E-state index in [1.54, 1.807) is 11.1 Å². The number of halogens is 1. The number of alkyl halides is 1. The third kappa shape index (κ3) is 3.04. The van der Waals surface area contributed by atoms with Gasteiger partial charge in [0, 0.05) is 30.6 Å². The molecule has 2 rings (SSSR count). The molecule has 1 aromatic heterocycles. The number of hydrogen-bond donors (Lipinski definition) is 0. The predicted octanol–water partition coefficient (Wildman–Crippen LogP) is 3.33. The summed E-state index contributed by atoms with van der Waals surface area (Å²) in [6, 6.07) is 9.71. The molecule has 0 aliphatic carbocycles. The van der Waals surface area contributed by atoms with Crippen molar-refractivity contribution in [2.75, 3.05) is 19.0 Å². The number of fused-ring (bicyclic) bond motifs is 1. The van der Waals surface area contributed by atoms with Gasteiger partial charge in [-0.2, -0.15) is 0 Å². The Kier molecular flexibility index (Phi) is 4.74. The van der Waals surface area contributed by atoms with Crippen molar-refractivity contribution in [2.24, 2.45) is 0 Å². The zero-order chi connectivity index (χ0) is 13.7. The number of rotatable bonds is 5. The third-order valence-electron chi connectivity index (χ3n) is 3.01. The first kappa shape index (κ1) is 13.8. The molecule has 1 heterocycles. The van der Waals surface area contributed by atoms with E-state index in [0.717, 1.165) is 17.2 Å². The Labute approximate surface area is 118 Å². The molecule has 0 radical (unpaired) electrons. The maximum absolute atomic E-state index is 12.5. The largest absolute Gasteiger partial charge is 0.336 e. The molecule has 1 aromatic carbocycles. The van der Waals surface area contributed by atoms with Gasteiger partial charge in [0.05, 0.1) is 0 Å². The van der Waals surface area contributed by atoms with Gasteiger partial charge in [0.25, 0.3) is 5.91 Å². The highest BCUT2D eigenvalue weighted by Gasteiger charge is 2.18. The zero-order valence-corrected chi connectivity index (χ0v) is 11.7. The highest BCUT2D eigenvalue weighted by Crippen LogP contribution is 2.18. The molecule has 0 aliphatic rings. The maximum Gasteiger partial charge on any atom is 0.273 e. The van der Waals surface area contributed by atoms with E-state index in [9.17, 15) is 4.79 Å². The molecule has 0 fully saturated rings. The summed E-state index contributed by atoms with van der Waals surface area (Å²) in [5.41, 5.74) is 0.511. The van der Waals surface area contributed by atoms with Crippen LogP contribution in [0.3, 0.4) is 0 Å². The first-order chi connectivity index (χ1) is 9.27. The van der Waals surface area contributed by atoms with E-state index in [4.69, 9.17) is 11.6 Å². The number of amides is 1. The second-order valence-electron chi connectivity index (χ2n) is 4.36. The number of hydrogen-bond acceptors (Lipinski definition) is 2. The van der Waals surface area contributed by atoms with Gasteiger partial charge < -0.3 is 4.90 Å². The molecule has 0 N–H and O–H groups in total. The second kappa shape index (κ2) is 6.53. The van der Waals surface area contributed by atoms with Crippen LogP contribution in [-0.4, -0.2) is 34.8 Å². The van der Waals surface area contributed by atoms with Gasteiger partial charge in [-0.25, -0.2) is 0 Å². The zero-order valence-electron chi connectivity index (χ0n) is 11.0. The summed E-state index contributed by atoms with van der Waals surface area (Å²) in [4.78, 5) is 18.6. The summed E-state index contributed by atoms with van der Waals surface area (Å²) in [6.45, 7) is 3.31. The van der Waals surface area contributed by atoms with Crippen LogP contribution in [0, 0.1) is 0 Å². The number of carbonyl (C=O) groups excluding carboxylic acids is 1. The monoisotopic (exact) mass is 276 g/mol.